The number of hydrogen-bond donors (Lipinski definition) is 0. The molecule has 0 N–H and O–H groups in total. The Hall–Kier alpha value is -0.900. The second-order valence-corrected chi connectivity index (χ2v) is 3.50. The standard InChI is InChI=1S/C9H7BrFNO/c10-4-3-8-7-5-6(11)1-2-9(7)13-12-8/h1-2,5H,3-4H2. The highest BCUT2D eigenvalue weighted by Gasteiger charge is 2.07. The lowest BCUT2D eigenvalue weighted by Crippen LogP contribution is -1.85. The van der Waals surface area contributed by atoms with Crippen molar-refractivity contribution in [1.29, 1.82) is 0 Å². The largest absolute Gasteiger partial charge is 0.356 e. The molecule has 1 aromatic carbocycles. The lowest BCUT2D eigenvalue weighted by molar-refractivity contribution is 0.447. The summed E-state index contributed by atoms with van der Waals surface area (Å²) in [5.74, 6) is -0.258. The van der Waals surface area contributed by atoms with Crippen LogP contribution < -0.4 is 0 Å². The first-order chi connectivity index (χ1) is 6.31. The van der Waals surface area contributed by atoms with Crippen molar-refractivity contribution in [2.45, 2.75) is 6.42 Å². The lowest BCUT2D eigenvalue weighted by atomic mass is 10.2. The first kappa shape index (κ1) is 8.69. The Morgan fingerprint density at radius 3 is 3.08 bits per heavy atom. The van der Waals surface area contributed by atoms with E-state index in [1.807, 2.05) is 0 Å². The maximum atomic E-state index is 12.9. The molecule has 0 unspecified atom stereocenters. The predicted molar refractivity (Wildman–Crippen MR) is 51.5 cm³/mol. The summed E-state index contributed by atoms with van der Waals surface area (Å²) in [6.07, 6.45) is 0.746. The zero-order valence-electron chi connectivity index (χ0n) is 6.76. The molecule has 0 aliphatic rings. The van der Waals surface area contributed by atoms with Crippen molar-refractivity contribution in [3.8, 4) is 0 Å². The van der Waals surface area contributed by atoms with Crippen LogP contribution in [-0.2, 0) is 6.42 Å². The Balaban J connectivity index is 2.58. The molecule has 1 heterocycles. The van der Waals surface area contributed by atoms with Gasteiger partial charge in [-0.2, -0.15) is 0 Å². The van der Waals surface area contributed by atoms with Gasteiger partial charge in [0.25, 0.3) is 0 Å². The van der Waals surface area contributed by atoms with Crippen LogP contribution in [0, 0.1) is 5.82 Å². The fourth-order valence-electron chi connectivity index (χ4n) is 1.23. The van der Waals surface area contributed by atoms with Crippen LogP contribution in [0.2, 0.25) is 0 Å². The van der Waals surface area contributed by atoms with E-state index in [0.29, 0.717) is 5.58 Å². The Labute approximate surface area is 82.8 Å². The van der Waals surface area contributed by atoms with Gasteiger partial charge in [0.1, 0.15) is 5.82 Å². The lowest BCUT2D eigenvalue weighted by Gasteiger charge is -1.90. The van der Waals surface area contributed by atoms with E-state index in [9.17, 15) is 4.39 Å². The van der Waals surface area contributed by atoms with Gasteiger partial charge in [-0.15, -0.1) is 0 Å². The molecule has 4 heteroatoms. The molecule has 0 fully saturated rings. The zero-order valence-corrected chi connectivity index (χ0v) is 8.34. The topological polar surface area (TPSA) is 26.0 Å². The Morgan fingerprint density at radius 2 is 2.31 bits per heavy atom. The highest BCUT2D eigenvalue weighted by molar-refractivity contribution is 9.09. The molecular weight excluding hydrogens is 237 g/mol. The van der Waals surface area contributed by atoms with E-state index in [4.69, 9.17) is 4.52 Å². The highest BCUT2D eigenvalue weighted by atomic mass is 79.9. The van der Waals surface area contributed by atoms with Crippen molar-refractivity contribution >= 4 is 26.9 Å². The summed E-state index contributed by atoms with van der Waals surface area (Å²) in [5.41, 5.74) is 1.43. The van der Waals surface area contributed by atoms with Crippen LogP contribution in [0.4, 0.5) is 4.39 Å². The van der Waals surface area contributed by atoms with Gasteiger partial charge in [0.05, 0.1) is 5.69 Å². The summed E-state index contributed by atoms with van der Waals surface area (Å²) in [5, 5.41) is 5.41. The number of alkyl halides is 1. The molecule has 68 valence electrons. The van der Waals surface area contributed by atoms with Crippen LogP contribution in [0.15, 0.2) is 22.7 Å². The molecule has 0 bridgehead atoms. The van der Waals surface area contributed by atoms with E-state index in [1.165, 1.54) is 12.1 Å². The molecule has 0 atom stereocenters. The average molecular weight is 244 g/mol. The summed E-state index contributed by atoms with van der Waals surface area (Å²) in [7, 11) is 0. The quantitative estimate of drug-likeness (QED) is 0.759. The van der Waals surface area contributed by atoms with Crippen LogP contribution in [-0.4, -0.2) is 10.5 Å². The Bertz CT molecular complexity index is 426. The molecule has 2 aromatic rings. The van der Waals surface area contributed by atoms with E-state index < -0.39 is 0 Å². The monoisotopic (exact) mass is 243 g/mol. The number of rotatable bonds is 2. The SMILES string of the molecule is Fc1ccc2onc(CCBr)c2c1. The highest BCUT2D eigenvalue weighted by Crippen LogP contribution is 2.20. The van der Waals surface area contributed by atoms with Gasteiger partial charge < -0.3 is 4.52 Å². The predicted octanol–water partition coefficient (Wildman–Crippen LogP) is 2.90. The second kappa shape index (κ2) is 3.46. The molecule has 0 aliphatic heterocycles. The van der Waals surface area contributed by atoms with Crippen LogP contribution in [0.3, 0.4) is 0 Å². The minimum atomic E-state index is -0.258. The van der Waals surface area contributed by atoms with Crippen molar-refractivity contribution in [2.75, 3.05) is 5.33 Å². The molecule has 2 rings (SSSR count). The normalized spacial score (nSPS) is 10.9. The smallest absolute Gasteiger partial charge is 0.167 e. The van der Waals surface area contributed by atoms with E-state index in [-0.39, 0.29) is 5.82 Å². The van der Waals surface area contributed by atoms with Crippen molar-refractivity contribution in [1.82, 2.24) is 5.16 Å². The molecule has 0 aliphatic carbocycles. The average Bonchev–Trinajstić information content (AvgIpc) is 2.49. The molecule has 0 saturated carbocycles. The van der Waals surface area contributed by atoms with E-state index in [2.05, 4.69) is 21.1 Å². The molecule has 0 spiro atoms. The van der Waals surface area contributed by atoms with E-state index >= 15 is 0 Å². The van der Waals surface area contributed by atoms with Gasteiger partial charge >= 0.3 is 0 Å². The van der Waals surface area contributed by atoms with Gasteiger partial charge in [0, 0.05) is 17.1 Å². The first-order valence-corrected chi connectivity index (χ1v) is 5.03. The van der Waals surface area contributed by atoms with Crippen molar-refractivity contribution < 1.29 is 8.91 Å². The maximum Gasteiger partial charge on any atom is 0.167 e. The van der Waals surface area contributed by atoms with E-state index in [1.54, 1.807) is 6.07 Å². The van der Waals surface area contributed by atoms with Crippen LogP contribution in [0.5, 0.6) is 0 Å². The third kappa shape index (κ3) is 1.58. The third-order valence-corrected chi connectivity index (χ3v) is 2.23. The minimum Gasteiger partial charge on any atom is -0.356 e. The second-order valence-electron chi connectivity index (χ2n) is 2.71. The van der Waals surface area contributed by atoms with Gasteiger partial charge in [-0.3, -0.25) is 0 Å². The third-order valence-electron chi connectivity index (χ3n) is 1.84. The van der Waals surface area contributed by atoms with E-state index in [0.717, 1.165) is 22.8 Å². The van der Waals surface area contributed by atoms with Gasteiger partial charge in [0.15, 0.2) is 5.58 Å². The number of hydrogen-bond acceptors (Lipinski definition) is 2. The van der Waals surface area contributed by atoms with Gasteiger partial charge in [-0.05, 0) is 18.2 Å². The molecule has 2 nitrogen and oxygen atoms in total. The molecule has 13 heavy (non-hydrogen) atoms. The summed E-state index contributed by atoms with van der Waals surface area (Å²) in [6, 6.07) is 4.41. The van der Waals surface area contributed by atoms with Crippen molar-refractivity contribution in [3.63, 3.8) is 0 Å². The van der Waals surface area contributed by atoms with Crippen molar-refractivity contribution in [2.24, 2.45) is 0 Å². The zero-order chi connectivity index (χ0) is 9.26. The minimum absolute atomic E-state index is 0.258. The summed E-state index contributed by atoms with van der Waals surface area (Å²) in [6.45, 7) is 0. The maximum absolute atomic E-state index is 12.9. The summed E-state index contributed by atoms with van der Waals surface area (Å²) in [4.78, 5) is 0. The Morgan fingerprint density at radius 1 is 1.46 bits per heavy atom. The number of fused-ring (bicyclic) bond motifs is 1. The fourth-order valence-corrected chi connectivity index (χ4v) is 1.61. The molecule has 0 amide bonds. The Kier molecular flexibility index (Phi) is 2.31. The molecule has 0 saturated heterocycles. The molecule has 1 aromatic heterocycles. The van der Waals surface area contributed by atoms with Gasteiger partial charge in [0.2, 0.25) is 0 Å². The molecular formula is C9H7BrFNO. The fraction of sp³-hybridized carbons (Fsp3) is 0.222. The van der Waals surface area contributed by atoms with Gasteiger partial charge in [-0.1, -0.05) is 21.1 Å². The van der Waals surface area contributed by atoms with Gasteiger partial charge in [-0.25, -0.2) is 4.39 Å². The number of aryl methyl sites for hydroxylation is 1. The number of benzene rings is 1. The molecule has 0 radical (unpaired) electrons. The van der Waals surface area contributed by atoms with Crippen LogP contribution >= 0.6 is 15.9 Å². The summed E-state index contributed by atoms with van der Waals surface area (Å²) >= 11 is 3.30. The summed E-state index contributed by atoms with van der Waals surface area (Å²) < 4.78 is 17.9. The number of aromatic nitrogens is 1. The van der Waals surface area contributed by atoms with Crippen molar-refractivity contribution in [3.05, 3.63) is 29.7 Å². The van der Waals surface area contributed by atoms with Crippen LogP contribution in [0.25, 0.3) is 11.0 Å². The first-order valence-electron chi connectivity index (χ1n) is 3.91. The number of halogens is 2. The number of nitrogens with zero attached hydrogens (tertiary/aromatic N) is 1. The van der Waals surface area contributed by atoms with Crippen LogP contribution in [0.1, 0.15) is 5.69 Å².